The maximum Gasteiger partial charge on any atom is 0.0637 e. The van der Waals surface area contributed by atoms with Gasteiger partial charge in [0.05, 0.1) is 10.7 Å². The van der Waals surface area contributed by atoms with Crippen molar-refractivity contribution in [3.05, 3.63) is 28.8 Å². The standard InChI is InChI=1S/C12H18ClNS/c1-10-5-6-11(13)12(9-10)14-7-3-4-8-15-2/h5-6,9,14H,3-4,7-8H2,1-2H3. The summed E-state index contributed by atoms with van der Waals surface area (Å²) in [5, 5.41) is 4.18. The molecule has 0 bridgehead atoms. The number of thioether (sulfide) groups is 1. The van der Waals surface area contributed by atoms with E-state index in [1.807, 2.05) is 23.9 Å². The van der Waals surface area contributed by atoms with Gasteiger partial charge in [-0.05, 0) is 49.5 Å². The SMILES string of the molecule is CSCCCCNc1cc(C)ccc1Cl. The molecule has 1 N–H and O–H groups in total. The summed E-state index contributed by atoms with van der Waals surface area (Å²) in [5.74, 6) is 1.24. The third-order valence-electron chi connectivity index (χ3n) is 2.21. The lowest BCUT2D eigenvalue weighted by atomic mass is 10.2. The molecule has 0 amide bonds. The van der Waals surface area contributed by atoms with Crippen molar-refractivity contribution in [2.24, 2.45) is 0 Å². The van der Waals surface area contributed by atoms with E-state index >= 15 is 0 Å². The molecule has 0 atom stereocenters. The van der Waals surface area contributed by atoms with E-state index in [1.165, 1.54) is 24.2 Å². The summed E-state index contributed by atoms with van der Waals surface area (Å²) in [6.45, 7) is 3.08. The molecule has 0 spiro atoms. The Balaban J connectivity index is 2.33. The van der Waals surface area contributed by atoms with E-state index in [1.54, 1.807) is 0 Å². The van der Waals surface area contributed by atoms with Crippen molar-refractivity contribution in [3.8, 4) is 0 Å². The van der Waals surface area contributed by atoms with Crippen molar-refractivity contribution in [2.45, 2.75) is 19.8 Å². The van der Waals surface area contributed by atoms with Gasteiger partial charge in [-0.1, -0.05) is 17.7 Å². The smallest absolute Gasteiger partial charge is 0.0637 e. The normalized spacial score (nSPS) is 10.3. The van der Waals surface area contributed by atoms with E-state index in [-0.39, 0.29) is 0 Å². The first-order chi connectivity index (χ1) is 7.24. The molecular formula is C12H18ClNS. The Morgan fingerprint density at radius 3 is 2.87 bits per heavy atom. The number of rotatable bonds is 6. The van der Waals surface area contributed by atoms with Crippen LogP contribution in [0.2, 0.25) is 5.02 Å². The maximum atomic E-state index is 6.07. The van der Waals surface area contributed by atoms with Gasteiger partial charge in [0.15, 0.2) is 0 Å². The summed E-state index contributed by atoms with van der Waals surface area (Å²) >= 11 is 7.97. The minimum Gasteiger partial charge on any atom is -0.384 e. The largest absolute Gasteiger partial charge is 0.384 e. The van der Waals surface area contributed by atoms with E-state index in [0.717, 1.165) is 17.3 Å². The summed E-state index contributed by atoms with van der Waals surface area (Å²) in [5.41, 5.74) is 2.30. The molecule has 0 fully saturated rings. The van der Waals surface area contributed by atoms with Crippen LogP contribution in [0.1, 0.15) is 18.4 Å². The van der Waals surface area contributed by atoms with Crippen molar-refractivity contribution in [1.29, 1.82) is 0 Å². The Labute approximate surface area is 102 Å². The first kappa shape index (κ1) is 12.7. The van der Waals surface area contributed by atoms with Gasteiger partial charge in [0.25, 0.3) is 0 Å². The molecule has 15 heavy (non-hydrogen) atoms. The average molecular weight is 244 g/mol. The molecule has 0 unspecified atom stereocenters. The third kappa shape index (κ3) is 4.80. The Morgan fingerprint density at radius 2 is 2.13 bits per heavy atom. The Hall–Kier alpha value is -0.340. The van der Waals surface area contributed by atoms with Crippen LogP contribution in [0.15, 0.2) is 18.2 Å². The molecule has 0 aliphatic heterocycles. The molecule has 0 heterocycles. The van der Waals surface area contributed by atoms with Crippen LogP contribution < -0.4 is 5.32 Å². The van der Waals surface area contributed by atoms with Crippen molar-refractivity contribution >= 4 is 29.1 Å². The second-order valence-corrected chi connectivity index (χ2v) is 5.00. The fourth-order valence-corrected chi connectivity index (χ4v) is 2.05. The number of hydrogen-bond donors (Lipinski definition) is 1. The van der Waals surface area contributed by atoms with Gasteiger partial charge in [-0.3, -0.25) is 0 Å². The summed E-state index contributed by atoms with van der Waals surface area (Å²) < 4.78 is 0. The van der Waals surface area contributed by atoms with Gasteiger partial charge in [-0.2, -0.15) is 11.8 Å². The Kier molecular flexibility index (Phi) is 5.96. The van der Waals surface area contributed by atoms with E-state index in [0.29, 0.717) is 0 Å². The van der Waals surface area contributed by atoms with E-state index in [9.17, 15) is 0 Å². The molecule has 84 valence electrons. The summed E-state index contributed by atoms with van der Waals surface area (Å²) in [4.78, 5) is 0. The topological polar surface area (TPSA) is 12.0 Å². The van der Waals surface area contributed by atoms with E-state index in [4.69, 9.17) is 11.6 Å². The fourth-order valence-electron chi connectivity index (χ4n) is 1.37. The molecule has 1 aromatic carbocycles. The highest BCUT2D eigenvalue weighted by atomic mass is 35.5. The lowest BCUT2D eigenvalue weighted by Gasteiger charge is -2.08. The van der Waals surface area contributed by atoms with Crippen molar-refractivity contribution in [3.63, 3.8) is 0 Å². The van der Waals surface area contributed by atoms with E-state index in [2.05, 4.69) is 24.6 Å². The van der Waals surface area contributed by atoms with Crippen molar-refractivity contribution in [2.75, 3.05) is 23.9 Å². The minimum atomic E-state index is 0.811. The maximum absolute atomic E-state index is 6.07. The first-order valence-electron chi connectivity index (χ1n) is 5.23. The quantitative estimate of drug-likeness (QED) is 0.752. The van der Waals surface area contributed by atoms with Crippen LogP contribution in [0.4, 0.5) is 5.69 Å². The number of aryl methyl sites for hydroxylation is 1. The molecule has 0 saturated heterocycles. The number of halogens is 1. The van der Waals surface area contributed by atoms with Crippen LogP contribution in [0.25, 0.3) is 0 Å². The number of benzene rings is 1. The lowest BCUT2D eigenvalue weighted by Crippen LogP contribution is -2.02. The highest BCUT2D eigenvalue weighted by Gasteiger charge is 1.98. The van der Waals surface area contributed by atoms with Crippen molar-refractivity contribution in [1.82, 2.24) is 0 Å². The molecule has 0 radical (unpaired) electrons. The molecule has 0 saturated carbocycles. The van der Waals surface area contributed by atoms with Gasteiger partial charge in [0.1, 0.15) is 0 Å². The molecule has 0 aromatic heterocycles. The van der Waals surface area contributed by atoms with Crippen LogP contribution in [0, 0.1) is 6.92 Å². The molecule has 1 rings (SSSR count). The van der Waals surface area contributed by atoms with Gasteiger partial charge in [0, 0.05) is 6.54 Å². The van der Waals surface area contributed by atoms with Crippen LogP contribution in [0.5, 0.6) is 0 Å². The third-order valence-corrected chi connectivity index (χ3v) is 3.24. The summed E-state index contributed by atoms with van der Waals surface area (Å²) in [7, 11) is 0. The molecular weight excluding hydrogens is 226 g/mol. The van der Waals surface area contributed by atoms with Crippen LogP contribution >= 0.6 is 23.4 Å². The average Bonchev–Trinajstić information content (AvgIpc) is 2.23. The van der Waals surface area contributed by atoms with Gasteiger partial charge in [0.2, 0.25) is 0 Å². The fraction of sp³-hybridized carbons (Fsp3) is 0.500. The molecule has 0 aliphatic carbocycles. The van der Waals surface area contributed by atoms with Crippen LogP contribution in [-0.4, -0.2) is 18.6 Å². The predicted octanol–water partition coefficient (Wildman–Crippen LogP) is 4.20. The molecule has 0 aliphatic rings. The number of nitrogens with one attached hydrogen (secondary N) is 1. The Morgan fingerprint density at radius 1 is 1.33 bits per heavy atom. The predicted molar refractivity (Wildman–Crippen MR) is 72.3 cm³/mol. The number of anilines is 1. The monoisotopic (exact) mass is 243 g/mol. The summed E-state index contributed by atoms with van der Waals surface area (Å²) in [6, 6.07) is 6.07. The second kappa shape index (κ2) is 7.02. The van der Waals surface area contributed by atoms with Crippen LogP contribution in [0.3, 0.4) is 0 Å². The van der Waals surface area contributed by atoms with Gasteiger partial charge in [-0.25, -0.2) is 0 Å². The molecule has 3 heteroatoms. The van der Waals surface area contributed by atoms with Gasteiger partial charge < -0.3 is 5.32 Å². The minimum absolute atomic E-state index is 0.811. The van der Waals surface area contributed by atoms with Gasteiger partial charge >= 0.3 is 0 Å². The summed E-state index contributed by atoms with van der Waals surface area (Å²) in [6.07, 6.45) is 4.60. The lowest BCUT2D eigenvalue weighted by molar-refractivity contribution is 0.843. The zero-order valence-corrected chi connectivity index (χ0v) is 10.9. The van der Waals surface area contributed by atoms with Crippen LogP contribution in [-0.2, 0) is 0 Å². The Bertz CT molecular complexity index is 302. The highest BCUT2D eigenvalue weighted by Crippen LogP contribution is 2.22. The highest BCUT2D eigenvalue weighted by molar-refractivity contribution is 7.98. The number of hydrogen-bond acceptors (Lipinski definition) is 2. The first-order valence-corrected chi connectivity index (χ1v) is 7.00. The zero-order chi connectivity index (χ0) is 11.1. The molecule has 1 aromatic rings. The molecule has 1 nitrogen and oxygen atoms in total. The van der Waals surface area contributed by atoms with Gasteiger partial charge in [-0.15, -0.1) is 0 Å². The van der Waals surface area contributed by atoms with Crippen molar-refractivity contribution < 1.29 is 0 Å². The van der Waals surface area contributed by atoms with E-state index < -0.39 is 0 Å². The number of unbranched alkanes of at least 4 members (excludes halogenated alkanes) is 1. The zero-order valence-electron chi connectivity index (χ0n) is 9.35. The second-order valence-electron chi connectivity index (χ2n) is 3.61.